The monoisotopic (exact) mass is 492 g/mol. The van der Waals surface area contributed by atoms with E-state index in [1.54, 1.807) is 12.1 Å². The lowest BCUT2D eigenvalue weighted by Gasteiger charge is -2.14. The summed E-state index contributed by atoms with van der Waals surface area (Å²) in [7, 11) is 1.00. The maximum atomic E-state index is 12.1. The summed E-state index contributed by atoms with van der Waals surface area (Å²) in [6.07, 6.45) is 2.51. The first-order valence-corrected chi connectivity index (χ1v) is 11.9. The Morgan fingerprint density at radius 2 is 1.34 bits per heavy atom. The molecular formula is C27H44N2O6. The molecule has 35 heavy (non-hydrogen) atoms. The van der Waals surface area contributed by atoms with Crippen molar-refractivity contribution in [2.45, 2.75) is 47.0 Å². The molecular weight excluding hydrogens is 448 g/mol. The van der Waals surface area contributed by atoms with Gasteiger partial charge in [0, 0.05) is 20.3 Å². The number of benzene rings is 2. The van der Waals surface area contributed by atoms with E-state index in [1.807, 2.05) is 57.2 Å². The standard InChI is InChI=1S/C13H16N2O2.C7H8.C4H10O.C2H6O2.CH4O/c1-2-3-9-11-12(16)14-15(13(11)17)10-7-5-4-6-8-10;1-7-5-3-2-4-6-7;1-3-5-4-2;3-1-2-4;1-2/h4-8,11H,2-3,9H2,1H3,(H,14,16);2-6H,1H3;3-4H2,1-2H3;3-4H,1-2H2;2H,1H3. The summed E-state index contributed by atoms with van der Waals surface area (Å²) in [4.78, 5) is 23.8. The Balaban J connectivity index is 0. The van der Waals surface area contributed by atoms with Crippen LogP contribution in [-0.2, 0) is 14.3 Å². The molecule has 4 N–H and O–H groups in total. The average molecular weight is 493 g/mol. The number of amides is 2. The van der Waals surface area contributed by atoms with Gasteiger partial charge in [0.05, 0.1) is 18.9 Å². The summed E-state index contributed by atoms with van der Waals surface area (Å²) in [5.74, 6) is -0.850. The van der Waals surface area contributed by atoms with Crippen LogP contribution < -0.4 is 10.4 Å². The van der Waals surface area contributed by atoms with Gasteiger partial charge in [-0.3, -0.25) is 15.0 Å². The zero-order valence-corrected chi connectivity index (χ0v) is 21.8. The van der Waals surface area contributed by atoms with Crippen molar-refractivity contribution in [2.75, 3.05) is 38.5 Å². The number of nitrogens with zero attached hydrogens (tertiary/aromatic N) is 1. The maximum absolute atomic E-state index is 12.1. The average Bonchev–Trinajstić information content (AvgIpc) is 3.19. The van der Waals surface area contributed by atoms with Crippen molar-refractivity contribution in [1.82, 2.24) is 5.43 Å². The van der Waals surface area contributed by atoms with Crippen molar-refractivity contribution in [3.8, 4) is 0 Å². The van der Waals surface area contributed by atoms with E-state index >= 15 is 0 Å². The fourth-order valence-corrected chi connectivity index (χ4v) is 2.68. The SMILES string of the molecule is CCCCC1C(=O)NN(c2ccccc2)C1=O.CCOCC.CO.Cc1ccccc1.OCCO. The largest absolute Gasteiger partial charge is 0.400 e. The van der Waals surface area contributed by atoms with Crippen LogP contribution in [0.3, 0.4) is 0 Å². The number of nitrogens with one attached hydrogen (secondary N) is 1. The topological polar surface area (TPSA) is 119 Å². The number of hydrogen-bond acceptors (Lipinski definition) is 6. The zero-order chi connectivity index (χ0) is 26.9. The third-order valence-electron chi connectivity index (χ3n) is 4.37. The third kappa shape index (κ3) is 16.5. The number of carbonyl (C=O) groups is 2. The van der Waals surface area contributed by atoms with Crippen LogP contribution in [0.4, 0.5) is 5.69 Å². The lowest BCUT2D eigenvalue weighted by Crippen LogP contribution is -2.35. The fourth-order valence-electron chi connectivity index (χ4n) is 2.68. The molecule has 1 heterocycles. The lowest BCUT2D eigenvalue weighted by atomic mass is 10.0. The normalized spacial score (nSPS) is 13.5. The van der Waals surface area contributed by atoms with Gasteiger partial charge in [0.1, 0.15) is 5.92 Å². The highest BCUT2D eigenvalue weighted by molar-refractivity contribution is 6.14. The number of aliphatic hydroxyl groups excluding tert-OH is 3. The molecule has 0 aliphatic carbocycles. The van der Waals surface area contributed by atoms with E-state index in [9.17, 15) is 9.59 Å². The van der Waals surface area contributed by atoms with E-state index in [-0.39, 0.29) is 25.0 Å². The van der Waals surface area contributed by atoms with Crippen LogP contribution in [0, 0.1) is 12.8 Å². The van der Waals surface area contributed by atoms with Crippen molar-refractivity contribution in [2.24, 2.45) is 5.92 Å². The van der Waals surface area contributed by atoms with E-state index in [0.717, 1.165) is 33.2 Å². The second kappa shape index (κ2) is 24.3. The van der Waals surface area contributed by atoms with Crippen molar-refractivity contribution in [3.05, 3.63) is 66.2 Å². The highest BCUT2D eigenvalue weighted by Crippen LogP contribution is 2.22. The van der Waals surface area contributed by atoms with Crippen molar-refractivity contribution < 1.29 is 29.6 Å². The van der Waals surface area contributed by atoms with Crippen LogP contribution in [0.25, 0.3) is 0 Å². The Morgan fingerprint density at radius 3 is 1.69 bits per heavy atom. The molecule has 0 bridgehead atoms. The fraction of sp³-hybridized carbons (Fsp3) is 0.481. The van der Waals surface area contributed by atoms with Gasteiger partial charge in [0.15, 0.2) is 0 Å². The number of carbonyl (C=O) groups excluding carboxylic acids is 2. The first-order chi connectivity index (χ1) is 17.0. The highest BCUT2D eigenvalue weighted by Gasteiger charge is 2.39. The summed E-state index contributed by atoms with van der Waals surface area (Å²) >= 11 is 0. The summed E-state index contributed by atoms with van der Waals surface area (Å²) in [6, 6.07) is 19.4. The minimum absolute atomic E-state index is 0.125. The number of hydrogen-bond donors (Lipinski definition) is 4. The molecule has 1 saturated heterocycles. The number of para-hydroxylation sites is 1. The van der Waals surface area contributed by atoms with Crippen molar-refractivity contribution >= 4 is 17.5 Å². The van der Waals surface area contributed by atoms with Crippen molar-refractivity contribution in [1.29, 1.82) is 0 Å². The predicted molar refractivity (Wildman–Crippen MR) is 141 cm³/mol. The second-order valence-corrected chi connectivity index (χ2v) is 7.06. The number of aliphatic hydroxyl groups is 3. The summed E-state index contributed by atoms with van der Waals surface area (Å²) < 4.78 is 4.83. The molecule has 0 spiro atoms. The van der Waals surface area contributed by atoms with Gasteiger partial charge in [0.2, 0.25) is 0 Å². The predicted octanol–water partition coefficient (Wildman–Crippen LogP) is 3.49. The van der Waals surface area contributed by atoms with Gasteiger partial charge >= 0.3 is 0 Å². The lowest BCUT2D eigenvalue weighted by molar-refractivity contribution is -0.127. The Hall–Kier alpha value is -2.78. The molecule has 2 amide bonds. The molecule has 0 radical (unpaired) electrons. The Labute approximate surface area is 210 Å². The summed E-state index contributed by atoms with van der Waals surface area (Å²) in [5.41, 5.74) is 4.66. The first kappa shape index (κ1) is 34.4. The molecule has 2 aromatic carbocycles. The van der Waals surface area contributed by atoms with E-state index < -0.39 is 5.92 Å². The first-order valence-electron chi connectivity index (χ1n) is 11.9. The molecule has 8 heteroatoms. The van der Waals surface area contributed by atoms with E-state index in [1.165, 1.54) is 10.6 Å². The van der Waals surface area contributed by atoms with Gasteiger partial charge in [-0.05, 0) is 39.3 Å². The molecule has 0 aromatic heterocycles. The minimum atomic E-state index is -0.518. The molecule has 1 unspecified atom stereocenters. The van der Waals surface area contributed by atoms with Gasteiger partial charge in [0.25, 0.3) is 11.8 Å². The van der Waals surface area contributed by atoms with Gasteiger partial charge in [-0.25, -0.2) is 5.01 Å². The van der Waals surface area contributed by atoms with Crippen LogP contribution in [0.5, 0.6) is 0 Å². The zero-order valence-electron chi connectivity index (χ0n) is 21.8. The quantitative estimate of drug-likeness (QED) is 0.439. The Kier molecular flexibility index (Phi) is 23.9. The van der Waals surface area contributed by atoms with Gasteiger partial charge in [-0.15, -0.1) is 0 Å². The van der Waals surface area contributed by atoms with Crippen molar-refractivity contribution in [3.63, 3.8) is 0 Å². The number of hydrazine groups is 1. The van der Waals surface area contributed by atoms with E-state index in [0.29, 0.717) is 12.1 Å². The molecule has 2 aromatic rings. The van der Waals surface area contributed by atoms with Gasteiger partial charge in [-0.1, -0.05) is 73.9 Å². The summed E-state index contributed by atoms with van der Waals surface area (Å²) in [6.45, 7) is 9.55. The van der Waals surface area contributed by atoms with Gasteiger partial charge < -0.3 is 20.1 Å². The van der Waals surface area contributed by atoms with E-state index in [2.05, 4.69) is 24.5 Å². The number of aryl methyl sites for hydroxylation is 1. The maximum Gasteiger partial charge on any atom is 0.258 e. The molecule has 1 atom stereocenters. The minimum Gasteiger partial charge on any atom is -0.400 e. The molecule has 198 valence electrons. The van der Waals surface area contributed by atoms with Crippen LogP contribution in [-0.4, -0.2) is 60.7 Å². The van der Waals surface area contributed by atoms with Crippen LogP contribution in [0.1, 0.15) is 45.6 Å². The third-order valence-corrected chi connectivity index (χ3v) is 4.37. The second-order valence-electron chi connectivity index (χ2n) is 7.06. The number of anilines is 1. The summed E-state index contributed by atoms with van der Waals surface area (Å²) in [5, 5.41) is 23.6. The smallest absolute Gasteiger partial charge is 0.258 e. The highest BCUT2D eigenvalue weighted by atomic mass is 16.5. The Morgan fingerprint density at radius 1 is 0.857 bits per heavy atom. The van der Waals surface area contributed by atoms with Crippen LogP contribution in [0.15, 0.2) is 60.7 Å². The van der Waals surface area contributed by atoms with Gasteiger partial charge in [-0.2, -0.15) is 0 Å². The molecule has 1 aliphatic rings. The number of ether oxygens (including phenoxy) is 1. The molecule has 3 rings (SSSR count). The van der Waals surface area contributed by atoms with E-state index in [4.69, 9.17) is 20.1 Å². The Bertz CT molecular complexity index is 740. The number of rotatable bonds is 7. The molecule has 1 aliphatic heterocycles. The molecule has 0 saturated carbocycles. The molecule has 1 fully saturated rings. The number of unbranched alkanes of at least 4 members (excludes halogenated alkanes) is 1. The van der Waals surface area contributed by atoms with Crippen LogP contribution >= 0.6 is 0 Å². The molecule has 8 nitrogen and oxygen atoms in total. The van der Waals surface area contributed by atoms with Crippen LogP contribution in [0.2, 0.25) is 0 Å².